The van der Waals surface area contributed by atoms with Gasteiger partial charge in [0.1, 0.15) is 6.04 Å². The Morgan fingerprint density at radius 2 is 2.42 bits per heavy atom. The summed E-state index contributed by atoms with van der Waals surface area (Å²) >= 11 is 0. The van der Waals surface area contributed by atoms with Crippen molar-refractivity contribution < 1.29 is 9.90 Å². The summed E-state index contributed by atoms with van der Waals surface area (Å²) in [7, 11) is 0. The Kier molecular flexibility index (Phi) is 4.32. The standard InChI is InChI=1S/C15H20N2O2/c1-10-4-2-3-5-13(10)11-6-7-12(17-9-11)8-14(16)15(18)19/h3,5-6,9,12,14H,2,4,7-8,16H2,1H3,(H,18,19)/t12?,14-/m0/s1. The number of nitrogens with two attached hydrogens (primary N) is 1. The highest BCUT2D eigenvalue weighted by Gasteiger charge is 2.20. The van der Waals surface area contributed by atoms with Crippen molar-refractivity contribution in [3.8, 4) is 0 Å². The minimum Gasteiger partial charge on any atom is -0.480 e. The average Bonchev–Trinajstić information content (AvgIpc) is 2.40. The van der Waals surface area contributed by atoms with Gasteiger partial charge in [0, 0.05) is 6.21 Å². The highest BCUT2D eigenvalue weighted by molar-refractivity contribution is 5.87. The van der Waals surface area contributed by atoms with Gasteiger partial charge < -0.3 is 10.8 Å². The fraction of sp³-hybridized carbons (Fsp3) is 0.467. The van der Waals surface area contributed by atoms with E-state index in [1.54, 1.807) is 0 Å². The average molecular weight is 260 g/mol. The van der Waals surface area contributed by atoms with E-state index >= 15 is 0 Å². The van der Waals surface area contributed by atoms with Crippen molar-refractivity contribution in [2.45, 2.75) is 44.7 Å². The molecule has 0 aromatic heterocycles. The number of hydrogen-bond acceptors (Lipinski definition) is 3. The Labute approximate surface area is 113 Å². The van der Waals surface area contributed by atoms with E-state index in [4.69, 9.17) is 10.8 Å². The summed E-state index contributed by atoms with van der Waals surface area (Å²) in [6.07, 6.45) is 11.7. The van der Waals surface area contributed by atoms with Crippen LogP contribution in [-0.4, -0.2) is 29.4 Å². The molecule has 0 amide bonds. The highest BCUT2D eigenvalue weighted by Crippen LogP contribution is 2.26. The summed E-state index contributed by atoms with van der Waals surface area (Å²) in [5.74, 6) is -0.959. The largest absolute Gasteiger partial charge is 0.480 e. The molecular weight excluding hydrogens is 240 g/mol. The zero-order valence-corrected chi connectivity index (χ0v) is 11.2. The van der Waals surface area contributed by atoms with E-state index in [9.17, 15) is 4.79 Å². The normalized spacial score (nSPS) is 24.3. The minimum atomic E-state index is -0.959. The van der Waals surface area contributed by atoms with E-state index in [1.807, 2.05) is 6.21 Å². The summed E-state index contributed by atoms with van der Waals surface area (Å²) in [6.45, 7) is 2.15. The van der Waals surface area contributed by atoms with Crippen LogP contribution in [0, 0.1) is 0 Å². The monoisotopic (exact) mass is 260 g/mol. The molecule has 4 nitrogen and oxygen atoms in total. The molecule has 2 aliphatic rings. The van der Waals surface area contributed by atoms with E-state index in [0.29, 0.717) is 6.42 Å². The van der Waals surface area contributed by atoms with Crippen molar-refractivity contribution in [1.82, 2.24) is 0 Å². The Bertz CT molecular complexity index is 486. The van der Waals surface area contributed by atoms with Gasteiger partial charge in [-0.1, -0.05) is 23.8 Å². The fourth-order valence-corrected chi connectivity index (χ4v) is 2.41. The molecule has 2 rings (SSSR count). The second-order valence-electron chi connectivity index (χ2n) is 5.14. The number of hydrogen-bond donors (Lipinski definition) is 2. The lowest BCUT2D eigenvalue weighted by atomic mass is 9.91. The molecule has 102 valence electrons. The third-order valence-electron chi connectivity index (χ3n) is 3.62. The van der Waals surface area contributed by atoms with E-state index in [1.165, 1.54) is 11.1 Å². The van der Waals surface area contributed by atoms with Crippen LogP contribution in [0.2, 0.25) is 0 Å². The Balaban J connectivity index is 2.00. The number of nitrogens with zero attached hydrogens (tertiary/aromatic N) is 1. The number of carboxylic acids is 1. The Hall–Kier alpha value is -1.68. The van der Waals surface area contributed by atoms with Crippen molar-refractivity contribution >= 4 is 12.2 Å². The SMILES string of the molecule is CC1=C(C2=CCC(C[C@H](N)C(=O)O)N=C2)C=CCC1. The molecule has 0 bridgehead atoms. The molecule has 19 heavy (non-hydrogen) atoms. The van der Waals surface area contributed by atoms with Gasteiger partial charge in [-0.3, -0.25) is 9.79 Å². The molecule has 1 aliphatic heterocycles. The summed E-state index contributed by atoms with van der Waals surface area (Å²) in [4.78, 5) is 15.2. The van der Waals surface area contributed by atoms with Crippen LogP contribution in [0.1, 0.15) is 32.6 Å². The van der Waals surface area contributed by atoms with Gasteiger partial charge in [0.25, 0.3) is 0 Å². The van der Waals surface area contributed by atoms with Gasteiger partial charge in [-0.2, -0.15) is 0 Å². The highest BCUT2D eigenvalue weighted by atomic mass is 16.4. The zero-order chi connectivity index (χ0) is 13.8. The number of aliphatic imine (C=N–C) groups is 1. The smallest absolute Gasteiger partial charge is 0.320 e. The maximum Gasteiger partial charge on any atom is 0.320 e. The van der Waals surface area contributed by atoms with Gasteiger partial charge in [-0.15, -0.1) is 0 Å². The number of allylic oxidation sites excluding steroid dienone is 5. The van der Waals surface area contributed by atoms with Crippen molar-refractivity contribution in [2.75, 3.05) is 0 Å². The molecule has 1 unspecified atom stereocenters. The van der Waals surface area contributed by atoms with Crippen molar-refractivity contribution in [3.05, 3.63) is 34.9 Å². The minimum absolute atomic E-state index is 0.0108. The first-order valence-corrected chi connectivity index (χ1v) is 6.66. The van der Waals surface area contributed by atoms with Crippen LogP contribution in [0.3, 0.4) is 0 Å². The molecule has 0 aromatic carbocycles. The van der Waals surface area contributed by atoms with Crippen LogP contribution in [0.25, 0.3) is 0 Å². The van der Waals surface area contributed by atoms with Crippen LogP contribution >= 0.6 is 0 Å². The fourth-order valence-electron chi connectivity index (χ4n) is 2.41. The Morgan fingerprint density at radius 3 is 3.00 bits per heavy atom. The van der Waals surface area contributed by atoms with Crippen molar-refractivity contribution in [3.63, 3.8) is 0 Å². The van der Waals surface area contributed by atoms with Crippen LogP contribution < -0.4 is 5.73 Å². The summed E-state index contributed by atoms with van der Waals surface area (Å²) in [5.41, 5.74) is 9.33. The van der Waals surface area contributed by atoms with E-state index in [2.05, 4.69) is 30.1 Å². The quantitative estimate of drug-likeness (QED) is 0.813. The lowest BCUT2D eigenvalue weighted by molar-refractivity contribution is -0.138. The number of dihydropyridines is 1. The van der Waals surface area contributed by atoms with E-state index in [-0.39, 0.29) is 6.04 Å². The predicted molar refractivity (Wildman–Crippen MR) is 76.3 cm³/mol. The van der Waals surface area contributed by atoms with Crippen LogP contribution in [0.5, 0.6) is 0 Å². The maximum atomic E-state index is 10.7. The number of aliphatic carboxylic acids is 1. The molecule has 2 atom stereocenters. The van der Waals surface area contributed by atoms with Crippen molar-refractivity contribution in [2.24, 2.45) is 10.7 Å². The number of carboxylic acid groups (broad SMARTS) is 1. The molecular formula is C15H20N2O2. The van der Waals surface area contributed by atoms with Crippen LogP contribution in [-0.2, 0) is 4.79 Å². The molecule has 1 aliphatic carbocycles. The first kappa shape index (κ1) is 13.7. The number of carbonyl (C=O) groups is 1. The van der Waals surface area contributed by atoms with Gasteiger partial charge in [-0.25, -0.2) is 0 Å². The predicted octanol–water partition coefficient (Wildman–Crippen LogP) is 2.22. The Morgan fingerprint density at radius 1 is 1.63 bits per heavy atom. The van der Waals surface area contributed by atoms with Gasteiger partial charge in [0.15, 0.2) is 0 Å². The van der Waals surface area contributed by atoms with Crippen molar-refractivity contribution in [1.29, 1.82) is 0 Å². The topological polar surface area (TPSA) is 75.7 Å². The first-order chi connectivity index (χ1) is 9.08. The lowest BCUT2D eigenvalue weighted by Gasteiger charge is -2.20. The zero-order valence-electron chi connectivity index (χ0n) is 11.2. The summed E-state index contributed by atoms with van der Waals surface area (Å²) in [5, 5.41) is 8.79. The molecule has 0 saturated heterocycles. The van der Waals surface area contributed by atoms with Gasteiger partial charge in [-0.05, 0) is 43.8 Å². The summed E-state index contributed by atoms with van der Waals surface area (Å²) in [6, 6.07) is -0.837. The third-order valence-corrected chi connectivity index (χ3v) is 3.62. The van der Waals surface area contributed by atoms with E-state index in [0.717, 1.165) is 24.8 Å². The van der Waals surface area contributed by atoms with Gasteiger partial charge >= 0.3 is 5.97 Å². The molecule has 0 aromatic rings. The molecule has 1 heterocycles. The lowest BCUT2D eigenvalue weighted by Crippen LogP contribution is -2.33. The van der Waals surface area contributed by atoms with Crippen LogP contribution in [0.15, 0.2) is 39.9 Å². The molecule has 4 heteroatoms. The van der Waals surface area contributed by atoms with Gasteiger partial charge in [0.2, 0.25) is 0 Å². The molecule has 3 N–H and O–H groups in total. The maximum absolute atomic E-state index is 10.7. The second-order valence-corrected chi connectivity index (χ2v) is 5.14. The second kappa shape index (κ2) is 5.97. The number of rotatable bonds is 4. The van der Waals surface area contributed by atoms with Gasteiger partial charge in [0.05, 0.1) is 6.04 Å². The molecule has 0 saturated carbocycles. The first-order valence-electron chi connectivity index (χ1n) is 6.66. The van der Waals surface area contributed by atoms with Crippen LogP contribution in [0.4, 0.5) is 0 Å². The third kappa shape index (κ3) is 3.41. The summed E-state index contributed by atoms with van der Waals surface area (Å²) < 4.78 is 0. The van der Waals surface area contributed by atoms with E-state index < -0.39 is 12.0 Å². The molecule has 0 spiro atoms. The molecule has 0 fully saturated rings. The molecule has 0 radical (unpaired) electrons.